The summed E-state index contributed by atoms with van der Waals surface area (Å²) < 4.78 is 0. The first-order valence-electron chi connectivity index (χ1n) is 4.82. The van der Waals surface area contributed by atoms with Crippen LogP contribution in [0, 0.1) is 13.8 Å². The van der Waals surface area contributed by atoms with Crippen molar-refractivity contribution in [2.45, 2.75) is 13.8 Å². The van der Waals surface area contributed by atoms with Crippen molar-refractivity contribution in [2.24, 2.45) is 0 Å². The first-order chi connectivity index (χ1) is 7.16. The Kier molecular flexibility index (Phi) is 2.37. The lowest BCUT2D eigenvalue weighted by atomic mass is 10.0. The highest BCUT2D eigenvalue weighted by atomic mass is 14.9. The zero-order valence-corrected chi connectivity index (χ0v) is 8.86. The number of aromatic nitrogens is 2. The second kappa shape index (κ2) is 3.69. The topological polar surface area (TPSA) is 51.8 Å². The van der Waals surface area contributed by atoms with E-state index in [0.29, 0.717) is 5.82 Å². The quantitative estimate of drug-likeness (QED) is 0.767. The van der Waals surface area contributed by atoms with Crippen molar-refractivity contribution in [3.63, 3.8) is 0 Å². The Labute approximate surface area is 89.0 Å². The summed E-state index contributed by atoms with van der Waals surface area (Å²) in [6, 6.07) is 8.02. The van der Waals surface area contributed by atoms with Gasteiger partial charge < -0.3 is 5.73 Å². The van der Waals surface area contributed by atoms with Crippen LogP contribution >= 0.6 is 0 Å². The molecule has 1 heterocycles. The van der Waals surface area contributed by atoms with Gasteiger partial charge in [0.2, 0.25) is 0 Å². The molecule has 0 radical (unpaired) electrons. The Morgan fingerprint density at radius 3 is 2.47 bits per heavy atom. The largest absolute Gasteiger partial charge is 0.384 e. The summed E-state index contributed by atoms with van der Waals surface area (Å²) in [6.07, 6.45) is 1.49. The number of hydrogen-bond donors (Lipinski definition) is 1. The van der Waals surface area contributed by atoms with Gasteiger partial charge in [0.25, 0.3) is 0 Å². The molecule has 0 amide bonds. The van der Waals surface area contributed by atoms with E-state index in [0.717, 1.165) is 11.3 Å². The van der Waals surface area contributed by atoms with Crippen molar-refractivity contribution in [3.8, 4) is 11.3 Å². The standard InChI is InChI=1S/C12H13N3/c1-8-3-4-10(5-9(8)2)11-6-12(13)15-7-14-11/h3-7H,1-2H3,(H2,13,14,15). The van der Waals surface area contributed by atoms with Gasteiger partial charge in [-0.2, -0.15) is 0 Å². The molecular formula is C12H13N3. The van der Waals surface area contributed by atoms with Gasteiger partial charge in [-0.3, -0.25) is 0 Å². The summed E-state index contributed by atoms with van der Waals surface area (Å²) >= 11 is 0. The van der Waals surface area contributed by atoms with E-state index in [1.165, 1.54) is 17.5 Å². The molecule has 1 aromatic carbocycles. The number of anilines is 1. The molecule has 0 aliphatic carbocycles. The maximum atomic E-state index is 5.61. The number of rotatable bonds is 1. The molecule has 2 N–H and O–H groups in total. The maximum Gasteiger partial charge on any atom is 0.127 e. The molecule has 2 aromatic rings. The van der Waals surface area contributed by atoms with Gasteiger partial charge in [-0.1, -0.05) is 12.1 Å². The minimum Gasteiger partial charge on any atom is -0.384 e. The van der Waals surface area contributed by atoms with Crippen molar-refractivity contribution in [1.29, 1.82) is 0 Å². The molecule has 3 heteroatoms. The molecule has 0 unspecified atom stereocenters. The van der Waals surface area contributed by atoms with Crippen LogP contribution < -0.4 is 5.73 Å². The van der Waals surface area contributed by atoms with E-state index in [4.69, 9.17) is 5.73 Å². The molecule has 2 rings (SSSR count). The van der Waals surface area contributed by atoms with Crippen LogP contribution in [0.4, 0.5) is 5.82 Å². The lowest BCUT2D eigenvalue weighted by molar-refractivity contribution is 1.18. The van der Waals surface area contributed by atoms with E-state index in [-0.39, 0.29) is 0 Å². The average Bonchev–Trinajstić information content (AvgIpc) is 2.22. The van der Waals surface area contributed by atoms with Crippen LogP contribution in [0.2, 0.25) is 0 Å². The summed E-state index contributed by atoms with van der Waals surface area (Å²) in [5.74, 6) is 0.498. The number of aryl methyl sites for hydroxylation is 2. The Balaban J connectivity index is 2.50. The van der Waals surface area contributed by atoms with Crippen molar-refractivity contribution < 1.29 is 0 Å². The summed E-state index contributed by atoms with van der Waals surface area (Å²) in [4.78, 5) is 8.06. The third-order valence-corrected chi connectivity index (χ3v) is 2.49. The van der Waals surface area contributed by atoms with Crippen molar-refractivity contribution >= 4 is 5.82 Å². The smallest absolute Gasteiger partial charge is 0.127 e. The van der Waals surface area contributed by atoms with Crippen LogP contribution in [-0.2, 0) is 0 Å². The first kappa shape index (κ1) is 9.65. The molecule has 0 aliphatic rings. The summed E-state index contributed by atoms with van der Waals surface area (Å²) in [5, 5.41) is 0. The van der Waals surface area contributed by atoms with E-state index in [9.17, 15) is 0 Å². The van der Waals surface area contributed by atoms with Gasteiger partial charge in [0.15, 0.2) is 0 Å². The third-order valence-electron chi connectivity index (χ3n) is 2.49. The lowest BCUT2D eigenvalue weighted by Crippen LogP contribution is -1.93. The lowest BCUT2D eigenvalue weighted by Gasteiger charge is -2.04. The normalized spacial score (nSPS) is 10.3. The van der Waals surface area contributed by atoms with Gasteiger partial charge in [0.05, 0.1) is 5.69 Å². The molecule has 0 atom stereocenters. The van der Waals surface area contributed by atoms with Crippen LogP contribution in [0.25, 0.3) is 11.3 Å². The molecule has 0 aliphatic heterocycles. The fourth-order valence-corrected chi connectivity index (χ4v) is 1.43. The highest BCUT2D eigenvalue weighted by molar-refractivity contribution is 5.62. The molecule has 0 saturated carbocycles. The SMILES string of the molecule is Cc1ccc(-c2cc(N)ncn2)cc1C. The van der Waals surface area contributed by atoms with E-state index in [2.05, 4.69) is 35.9 Å². The van der Waals surface area contributed by atoms with E-state index in [1.807, 2.05) is 6.07 Å². The van der Waals surface area contributed by atoms with Gasteiger partial charge in [-0.25, -0.2) is 9.97 Å². The molecule has 0 spiro atoms. The maximum absolute atomic E-state index is 5.61. The van der Waals surface area contributed by atoms with Gasteiger partial charge in [0, 0.05) is 11.6 Å². The minimum atomic E-state index is 0.498. The molecule has 3 nitrogen and oxygen atoms in total. The van der Waals surface area contributed by atoms with Gasteiger partial charge in [-0.15, -0.1) is 0 Å². The van der Waals surface area contributed by atoms with Gasteiger partial charge in [-0.05, 0) is 31.0 Å². The molecule has 1 aromatic heterocycles. The van der Waals surface area contributed by atoms with E-state index in [1.54, 1.807) is 6.07 Å². The Morgan fingerprint density at radius 2 is 1.80 bits per heavy atom. The van der Waals surface area contributed by atoms with Crippen LogP contribution in [0.5, 0.6) is 0 Å². The number of benzene rings is 1. The molecule has 15 heavy (non-hydrogen) atoms. The van der Waals surface area contributed by atoms with Crippen molar-refractivity contribution in [3.05, 3.63) is 41.7 Å². The number of hydrogen-bond acceptors (Lipinski definition) is 3. The van der Waals surface area contributed by atoms with Crippen molar-refractivity contribution in [2.75, 3.05) is 5.73 Å². The molecule has 0 bridgehead atoms. The monoisotopic (exact) mass is 199 g/mol. The average molecular weight is 199 g/mol. The minimum absolute atomic E-state index is 0.498. The number of nitrogen functional groups attached to an aromatic ring is 1. The third kappa shape index (κ3) is 1.96. The zero-order chi connectivity index (χ0) is 10.8. The van der Waals surface area contributed by atoms with Crippen molar-refractivity contribution in [1.82, 2.24) is 9.97 Å². The Morgan fingerprint density at radius 1 is 1.00 bits per heavy atom. The Bertz CT molecular complexity index is 492. The fraction of sp³-hybridized carbons (Fsp3) is 0.167. The number of nitrogens with two attached hydrogens (primary N) is 1. The van der Waals surface area contributed by atoms with Crippen LogP contribution in [-0.4, -0.2) is 9.97 Å². The van der Waals surface area contributed by atoms with Crippen LogP contribution in [0.3, 0.4) is 0 Å². The highest BCUT2D eigenvalue weighted by Crippen LogP contribution is 2.20. The molecule has 76 valence electrons. The van der Waals surface area contributed by atoms with E-state index >= 15 is 0 Å². The second-order valence-corrected chi connectivity index (χ2v) is 3.63. The molecular weight excluding hydrogens is 186 g/mol. The van der Waals surface area contributed by atoms with Gasteiger partial charge in [0.1, 0.15) is 12.1 Å². The molecule has 0 saturated heterocycles. The number of nitrogens with zero attached hydrogens (tertiary/aromatic N) is 2. The summed E-state index contributed by atoms with van der Waals surface area (Å²) in [7, 11) is 0. The first-order valence-corrected chi connectivity index (χ1v) is 4.82. The predicted octanol–water partition coefficient (Wildman–Crippen LogP) is 2.34. The van der Waals surface area contributed by atoms with Crippen LogP contribution in [0.1, 0.15) is 11.1 Å². The second-order valence-electron chi connectivity index (χ2n) is 3.63. The molecule has 0 fully saturated rings. The zero-order valence-electron chi connectivity index (χ0n) is 8.86. The Hall–Kier alpha value is -1.90. The fourth-order valence-electron chi connectivity index (χ4n) is 1.43. The van der Waals surface area contributed by atoms with E-state index < -0.39 is 0 Å². The summed E-state index contributed by atoms with van der Waals surface area (Å²) in [6.45, 7) is 4.18. The predicted molar refractivity (Wildman–Crippen MR) is 61.4 cm³/mol. The van der Waals surface area contributed by atoms with Gasteiger partial charge >= 0.3 is 0 Å². The highest BCUT2D eigenvalue weighted by Gasteiger charge is 2.01. The summed E-state index contributed by atoms with van der Waals surface area (Å²) in [5.41, 5.74) is 10.1. The van der Waals surface area contributed by atoms with Crippen LogP contribution in [0.15, 0.2) is 30.6 Å².